The molecule has 2 aromatic heterocycles. The number of carbonyl (C=O) groups excluding carboxylic acids is 2. The van der Waals surface area contributed by atoms with Gasteiger partial charge in [-0.15, -0.1) is 0 Å². The largest absolute Gasteiger partial charge is 0.467 e. The minimum Gasteiger partial charge on any atom is -0.467 e. The van der Waals surface area contributed by atoms with Gasteiger partial charge in [-0.05, 0) is 50.5 Å². The van der Waals surface area contributed by atoms with Gasteiger partial charge in [-0.3, -0.25) is 9.59 Å². The molecule has 1 atom stereocenters. The number of aryl methyl sites for hydroxylation is 1. The van der Waals surface area contributed by atoms with E-state index in [9.17, 15) is 9.59 Å². The molecule has 0 N–H and O–H groups in total. The van der Waals surface area contributed by atoms with Crippen LogP contribution in [0, 0.1) is 5.92 Å². The molecule has 2 aromatic rings. The smallest absolute Gasteiger partial charge is 0.242 e. The van der Waals surface area contributed by atoms with E-state index in [1.54, 1.807) is 11.2 Å². The lowest BCUT2D eigenvalue weighted by Crippen LogP contribution is -2.48. The van der Waals surface area contributed by atoms with E-state index in [2.05, 4.69) is 6.92 Å². The molecular weight excluding hydrogens is 378 g/mol. The quantitative estimate of drug-likeness (QED) is 0.614. The van der Waals surface area contributed by atoms with Gasteiger partial charge in [-0.25, -0.2) is 0 Å². The van der Waals surface area contributed by atoms with Crippen molar-refractivity contribution in [2.75, 3.05) is 6.54 Å². The highest BCUT2D eigenvalue weighted by atomic mass is 16.3. The van der Waals surface area contributed by atoms with Crippen LogP contribution in [0.5, 0.6) is 0 Å². The van der Waals surface area contributed by atoms with Crippen LogP contribution >= 0.6 is 0 Å². The van der Waals surface area contributed by atoms with Crippen molar-refractivity contribution in [3.63, 3.8) is 0 Å². The van der Waals surface area contributed by atoms with E-state index in [1.165, 1.54) is 6.42 Å². The Morgan fingerprint density at radius 1 is 1.17 bits per heavy atom. The molecule has 2 heterocycles. The monoisotopic (exact) mass is 413 g/mol. The van der Waals surface area contributed by atoms with Crippen LogP contribution in [0.25, 0.3) is 0 Å². The van der Waals surface area contributed by atoms with Gasteiger partial charge in [0.2, 0.25) is 11.8 Å². The highest BCUT2D eigenvalue weighted by molar-refractivity contribution is 5.86. The summed E-state index contributed by atoms with van der Waals surface area (Å²) in [6.07, 6.45) is 9.75. The molecule has 0 unspecified atom stereocenters. The maximum absolute atomic E-state index is 13.4. The molecule has 6 heteroatoms. The zero-order chi connectivity index (χ0) is 21.5. The van der Waals surface area contributed by atoms with E-state index in [1.807, 2.05) is 53.9 Å². The molecule has 1 aliphatic rings. The van der Waals surface area contributed by atoms with E-state index in [0.29, 0.717) is 13.1 Å². The Morgan fingerprint density at radius 3 is 2.53 bits per heavy atom. The van der Waals surface area contributed by atoms with Crippen LogP contribution < -0.4 is 0 Å². The summed E-state index contributed by atoms with van der Waals surface area (Å²) in [7, 11) is 1.98. The fourth-order valence-corrected chi connectivity index (χ4v) is 4.18. The van der Waals surface area contributed by atoms with Crippen LogP contribution in [0.2, 0.25) is 0 Å². The lowest BCUT2D eigenvalue weighted by molar-refractivity contribution is -0.146. The lowest BCUT2D eigenvalue weighted by Gasteiger charge is -2.34. The van der Waals surface area contributed by atoms with Crippen LogP contribution in [0.1, 0.15) is 63.8 Å². The van der Waals surface area contributed by atoms with E-state index >= 15 is 0 Å². The maximum atomic E-state index is 13.4. The summed E-state index contributed by atoms with van der Waals surface area (Å²) in [6, 6.07) is 7.75. The second-order valence-corrected chi connectivity index (χ2v) is 8.50. The minimum absolute atomic E-state index is 0.0444. The van der Waals surface area contributed by atoms with Gasteiger partial charge in [0.1, 0.15) is 12.3 Å². The number of hydrogen-bond donors (Lipinski definition) is 0. The molecule has 2 amide bonds. The Labute approximate surface area is 179 Å². The first-order valence-corrected chi connectivity index (χ1v) is 11.2. The van der Waals surface area contributed by atoms with Crippen molar-refractivity contribution in [1.82, 2.24) is 14.4 Å². The summed E-state index contributed by atoms with van der Waals surface area (Å²) in [5.41, 5.74) is 1.05. The zero-order valence-electron chi connectivity index (χ0n) is 18.5. The van der Waals surface area contributed by atoms with E-state index in [0.717, 1.165) is 43.6 Å². The van der Waals surface area contributed by atoms with Crippen molar-refractivity contribution in [3.05, 3.63) is 48.2 Å². The van der Waals surface area contributed by atoms with Crippen LogP contribution in [0.15, 0.2) is 41.1 Å². The van der Waals surface area contributed by atoms with Gasteiger partial charge < -0.3 is 18.8 Å². The van der Waals surface area contributed by atoms with Gasteiger partial charge in [-0.1, -0.05) is 26.2 Å². The average molecular weight is 414 g/mol. The molecule has 0 spiro atoms. The molecule has 0 aliphatic heterocycles. The number of furan rings is 1. The molecule has 0 bridgehead atoms. The number of aromatic nitrogens is 1. The SMILES string of the molecule is CC[C@H](C)N(CC(=O)N(Cc1ccco1)Cc1cccn1C)C(=O)C1CCCCC1. The van der Waals surface area contributed by atoms with Crippen LogP contribution in [-0.4, -0.2) is 38.8 Å². The van der Waals surface area contributed by atoms with Gasteiger partial charge in [-0.2, -0.15) is 0 Å². The Kier molecular flexibility index (Phi) is 7.77. The maximum Gasteiger partial charge on any atom is 0.242 e. The Bertz CT molecular complexity index is 806. The van der Waals surface area contributed by atoms with Crippen molar-refractivity contribution in [3.8, 4) is 0 Å². The average Bonchev–Trinajstić information content (AvgIpc) is 3.43. The third-order valence-electron chi connectivity index (χ3n) is 6.35. The Morgan fingerprint density at radius 2 is 1.93 bits per heavy atom. The van der Waals surface area contributed by atoms with Gasteiger partial charge in [0.15, 0.2) is 0 Å². The zero-order valence-corrected chi connectivity index (χ0v) is 18.5. The van der Waals surface area contributed by atoms with Gasteiger partial charge >= 0.3 is 0 Å². The molecular formula is C24H35N3O3. The highest BCUT2D eigenvalue weighted by Gasteiger charge is 2.31. The lowest BCUT2D eigenvalue weighted by atomic mass is 9.88. The van der Waals surface area contributed by atoms with Crippen molar-refractivity contribution < 1.29 is 14.0 Å². The molecule has 0 saturated heterocycles. The minimum atomic E-state index is -0.0444. The molecule has 30 heavy (non-hydrogen) atoms. The van der Waals surface area contributed by atoms with Crippen molar-refractivity contribution in [2.24, 2.45) is 13.0 Å². The van der Waals surface area contributed by atoms with Crippen molar-refractivity contribution in [1.29, 1.82) is 0 Å². The standard InChI is InChI=1S/C24H35N3O3/c1-4-19(2)27(24(29)20-10-6-5-7-11-20)18-23(28)26(17-22-13-9-15-30-22)16-21-12-8-14-25(21)3/h8-9,12-15,19-20H,4-7,10-11,16-18H2,1-3H3/t19-/m0/s1. The topological polar surface area (TPSA) is 58.7 Å². The molecule has 0 radical (unpaired) electrons. The summed E-state index contributed by atoms with van der Waals surface area (Å²) in [6.45, 7) is 5.11. The number of carbonyl (C=O) groups is 2. The van der Waals surface area contributed by atoms with Gasteiger partial charge in [0.05, 0.1) is 19.4 Å². The molecule has 1 fully saturated rings. The highest BCUT2D eigenvalue weighted by Crippen LogP contribution is 2.26. The predicted molar refractivity (Wildman–Crippen MR) is 116 cm³/mol. The van der Waals surface area contributed by atoms with Crippen LogP contribution in [0.3, 0.4) is 0 Å². The second kappa shape index (κ2) is 10.5. The second-order valence-electron chi connectivity index (χ2n) is 8.50. The number of rotatable bonds is 9. The van der Waals surface area contributed by atoms with E-state index in [-0.39, 0.29) is 30.3 Å². The fraction of sp³-hybridized carbons (Fsp3) is 0.583. The third kappa shape index (κ3) is 5.55. The van der Waals surface area contributed by atoms with Crippen molar-refractivity contribution in [2.45, 2.75) is 71.5 Å². The summed E-state index contributed by atoms with van der Waals surface area (Å²) in [5, 5.41) is 0. The number of hydrogen-bond acceptors (Lipinski definition) is 3. The molecule has 164 valence electrons. The third-order valence-corrected chi connectivity index (χ3v) is 6.35. The number of nitrogens with zero attached hydrogens (tertiary/aromatic N) is 3. The predicted octanol–water partition coefficient (Wildman–Crippen LogP) is 4.35. The summed E-state index contributed by atoms with van der Waals surface area (Å²) < 4.78 is 7.51. The fourth-order valence-electron chi connectivity index (χ4n) is 4.18. The Hall–Kier alpha value is -2.50. The summed E-state index contributed by atoms with van der Waals surface area (Å²) in [5.74, 6) is 0.907. The van der Waals surface area contributed by atoms with Gasteiger partial charge in [0.25, 0.3) is 0 Å². The van der Waals surface area contributed by atoms with Crippen LogP contribution in [0.4, 0.5) is 0 Å². The Balaban J connectivity index is 1.76. The molecule has 6 nitrogen and oxygen atoms in total. The molecule has 1 aliphatic carbocycles. The summed E-state index contributed by atoms with van der Waals surface area (Å²) >= 11 is 0. The molecule has 1 saturated carbocycles. The molecule has 0 aromatic carbocycles. The first kappa shape index (κ1) is 22.2. The molecule has 3 rings (SSSR count). The summed E-state index contributed by atoms with van der Waals surface area (Å²) in [4.78, 5) is 30.3. The normalized spacial score (nSPS) is 15.7. The van der Waals surface area contributed by atoms with E-state index < -0.39 is 0 Å². The first-order chi connectivity index (χ1) is 14.5. The van der Waals surface area contributed by atoms with Crippen molar-refractivity contribution >= 4 is 11.8 Å². The van der Waals surface area contributed by atoms with Crippen LogP contribution in [-0.2, 0) is 29.7 Å². The number of amides is 2. The van der Waals surface area contributed by atoms with Gasteiger partial charge in [0, 0.05) is 30.9 Å². The van der Waals surface area contributed by atoms with E-state index in [4.69, 9.17) is 4.42 Å². The first-order valence-electron chi connectivity index (χ1n) is 11.2.